The lowest BCUT2D eigenvalue weighted by molar-refractivity contribution is 0.391. The van der Waals surface area contributed by atoms with Crippen molar-refractivity contribution in [2.75, 3.05) is 0 Å². The van der Waals surface area contributed by atoms with Crippen LogP contribution in [0.1, 0.15) is 35.7 Å². The third kappa shape index (κ3) is 2.70. The number of nitrogens with zero attached hydrogens (tertiary/aromatic N) is 3. The van der Waals surface area contributed by atoms with E-state index >= 15 is 0 Å². The van der Waals surface area contributed by atoms with E-state index in [1.807, 2.05) is 30.2 Å². The van der Waals surface area contributed by atoms with Crippen LogP contribution in [-0.4, -0.2) is 15.6 Å². The first-order chi connectivity index (χ1) is 9.36. The van der Waals surface area contributed by atoms with E-state index in [0.717, 1.165) is 12.1 Å². The number of rotatable bonds is 4. The molecule has 0 saturated heterocycles. The highest BCUT2D eigenvalue weighted by Crippen LogP contribution is 2.30. The average Bonchev–Trinajstić information content (AvgIpc) is 3.16. The predicted octanol–water partition coefficient (Wildman–Crippen LogP) is 2.70. The first kappa shape index (κ1) is 12.4. The summed E-state index contributed by atoms with van der Waals surface area (Å²) in [5, 5.41) is 14.4. The molecular weight excluding hydrogens is 256 g/mol. The fraction of sp³-hybridized carbons (Fsp3) is 0.429. The number of thiophene rings is 1. The summed E-state index contributed by atoms with van der Waals surface area (Å²) >= 11 is 1.65. The molecule has 19 heavy (non-hydrogen) atoms. The van der Waals surface area contributed by atoms with Gasteiger partial charge in [0, 0.05) is 41.3 Å². The summed E-state index contributed by atoms with van der Waals surface area (Å²) in [5.41, 5.74) is 0.763. The van der Waals surface area contributed by atoms with E-state index in [0.29, 0.717) is 12.1 Å². The number of imidazole rings is 1. The Morgan fingerprint density at radius 1 is 1.53 bits per heavy atom. The average molecular weight is 272 g/mol. The first-order valence-corrected chi connectivity index (χ1v) is 7.43. The Hall–Kier alpha value is -1.64. The molecule has 1 N–H and O–H groups in total. The van der Waals surface area contributed by atoms with Gasteiger partial charge in [0.2, 0.25) is 0 Å². The van der Waals surface area contributed by atoms with Gasteiger partial charge < -0.3 is 9.88 Å². The molecule has 4 nitrogen and oxygen atoms in total. The summed E-state index contributed by atoms with van der Waals surface area (Å²) in [6, 6.07) is 5.16. The number of aromatic nitrogens is 2. The van der Waals surface area contributed by atoms with E-state index in [4.69, 9.17) is 5.26 Å². The smallest absolute Gasteiger partial charge is 0.100 e. The van der Waals surface area contributed by atoms with Crippen molar-refractivity contribution in [3.05, 3.63) is 40.6 Å². The maximum Gasteiger partial charge on any atom is 0.100 e. The van der Waals surface area contributed by atoms with E-state index in [1.165, 1.54) is 24.1 Å². The molecule has 5 heteroatoms. The van der Waals surface area contributed by atoms with Crippen molar-refractivity contribution in [2.45, 2.75) is 37.9 Å². The van der Waals surface area contributed by atoms with Gasteiger partial charge in [-0.1, -0.05) is 0 Å². The lowest BCUT2D eigenvalue weighted by atomic mass is 10.1. The van der Waals surface area contributed by atoms with Crippen molar-refractivity contribution in [3.8, 4) is 6.07 Å². The number of nitriles is 1. The normalized spacial score (nSPS) is 22.5. The molecule has 1 aliphatic rings. The Morgan fingerprint density at radius 3 is 3.21 bits per heavy atom. The van der Waals surface area contributed by atoms with E-state index in [9.17, 15) is 0 Å². The molecule has 2 atom stereocenters. The van der Waals surface area contributed by atoms with Crippen LogP contribution in [0.15, 0.2) is 30.2 Å². The summed E-state index contributed by atoms with van der Waals surface area (Å²) in [7, 11) is 0. The molecule has 98 valence electrons. The van der Waals surface area contributed by atoms with Crippen LogP contribution < -0.4 is 5.32 Å². The van der Waals surface area contributed by atoms with Crippen LogP contribution in [-0.2, 0) is 6.54 Å². The summed E-state index contributed by atoms with van der Waals surface area (Å²) in [4.78, 5) is 5.36. The Labute approximate surface area is 116 Å². The molecule has 2 aromatic heterocycles. The van der Waals surface area contributed by atoms with Gasteiger partial charge in [-0.3, -0.25) is 0 Å². The van der Waals surface area contributed by atoms with Crippen molar-refractivity contribution in [1.82, 2.24) is 14.9 Å². The predicted molar refractivity (Wildman–Crippen MR) is 74.8 cm³/mol. The van der Waals surface area contributed by atoms with Crippen LogP contribution >= 0.6 is 11.3 Å². The van der Waals surface area contributed by atoms with Crippen LogP contribution in [0.4, 0.5) is 0 Å². The maximum atomic E-state index is 8.82. The topological polar surface area (TPSA) is 53.6 Å². The summed E-state index contributed by atoms with van der Waals surface area (Å²) in [6.07, 6.45) is 9.47. The minimum atomic E-state index is 0.502. The molecule has 0 aromatic carbocycles. The molecular formula is C14H16N4S. The van der Waals surface area contributed by atoms with Gasteiger partial charge in [-0.2, -0.15) is 5.26 Å². The van der Waals surface area contributed by atoms with Gasteiger partial charge in [-0.05, 0) is 25.3 Å². The van der Waals surface area contributed by atoms with Gasteiger partial charge in [0.05, 0.1) is 11.9 Å². The second-order valence-electron chi connectivity index (χ2n) is 4.91. The number of hydrogen-bond donors (Lipinski definition) is 1. The van der Waals surface area contributed by atoms with Crippen molar-refractivity contribution in [3.63, 3.8) is 0 Å². The minimum Gasteiger partial charge on any atom is -0.333 e. The zero-order valence-electron chi connectivity index (χ0n) is 10.6. The zero-order chi connectivity index (χ0) is 13.1. The second kappa shape index (κ2) is 5.55. The molecule has 1 fully saturated rings. The monoisotopic (exact) mass is 272 g/mol. The van der Waals surface area contributed by atoms with Crippen LogP contribution in [0, 0.1) is 11.3 Å². The first-order valence-electron chi connectivity index (χ1n) is 6.55. The minimum absolute atomic E-state index is 0.502. The van der Waals surface area contributed by atoms with Gasteiger partial charge in [-0.15, -0.1) is 11.3 Å². The molecule has 1 aliphatic carbocycles. The highest BCUT2D eigenvalue weighted by Gasteiger charge is 2.27. The fourth-order valence-corrected chi connectivity index (χ4v) is 3.53. The lowest BCUT2D eigenvalue weighted by Crippen LogP contribution is -2.32. The molecule has 1 saturated carbocycles. The van der Waals surface area contributed by atoms with Gasteiger partial charge in [0.25, 0.3) is 0 Å². The summed E-state index contributed by atoms with van der Waals surface area (Å²) in [6.45, 7) is 0.849. The van der Waals surface area contributed by atoms with Crippen molar-refractivity contribution in [2.24, 2.45) is 0 Å². The SMILES string of the molecule is N#Cc1csc(CNC2CCCC2n2ccnc2)c1. The van der Waals surface area contributed by atoms with E-state index < -0.39 is 0 Å². The van der Waals surface area contributed by atoms with Gasteiger partial charge in [0.1, 0.15) is 6.07 Å². The van der Waals surface area contributed by atoms with Crippen LogP contribution in [0.3, 0.4) is 0 Å². The molecule has 0 spiro atoms. The maximum absolute atomic E-state index is 8.82. The van der Waals surface area contributed by atoms with Crippen LogP contribution in [0.25, 0.3) is 0 Å². The molecule has 0 aliphatic heterocycles. The van der Waals surface area contributed by atoms with Crippen molar-refractivity contribution in [1.29, 1.82) is 5.26 Å². The lowest BCUT2D eigenvalue weighted by Gasteiger charge is -2.21. The standard InChI is InChI=1S/C14H16N4S/c15-7-11-6-12(19-9-11)8-17-13-2-1-3-14(13)18-5-4-16-10-18/h4-6,9-10,13-14,17H,1-3,8H2. The highest BCUT2D eigenvalue weighted by molar-refractivity contribution is 7.10. The van der Waals surface area contributed by atoms with E-state index in [-0.39, 0.29) is 0 Å². The van der Waals surface area contributed by atoms with Crippen molar-refractivity contribution >= 4 is 11.3 Å². The molecule has 2 heterocycles. The number of hydrogen-bond acceptors (Lipinski definition) is 4. The van der Waals surface area contributed by atoms with Crippen LogP contribution in [0.5, 0.6) is 0 Å². The molecule has 0 radical (unpaired) electrons. The fourth-order valence-electron chi connectivity index (χ4n) is 2.76. The molecule has 2 aromatic rings. The third-order valence-electron chi connectivity index (χ3n) is 3.71. The zero-order valence-corrected chi connectivity index (χ0v) is 11.4. The quantitative estimate of drug-likeness (QED) is 0.931. The third-order valence-corrected chi connectivity index (χ3v) is 4.65. The number of nitrogens with one attached hydrogen (secondary N) is 1. The Kier molecular flexibility index (Phi) is 3.62. The summed E-state index contributed by atoms with van der Waals surface area (Å²) in [5.74, 6) is 0. The molecule has 0 amide bonds. The van der Waals surface area contributed by atoms with E-state index in [1.54, 1.807) is 11.3 Å². The Bertz CT molecular complexity index is 567. The second-order valence-corrected chi connectivity index (χ2v) is 5.90. The Balaban J connectivity index is 1.61. The molecule has 3 rings (SSSR count). The molecule has 0 bridgehead atoms. The van der Waals surface area contributed by atoms with Gasteiger partial charge in [-0.25, -0.2) is 4.98 Å². The van der Waals surface area contributed by atoms with E-state index in [2.05, 4.69) is 20.9 Å². The Morgan fingerprint density at radius 2 is 2.47 bits per heavy atom. The van der Waals surface area contributed by atoms with Gasteiger partial charge in [0.15, 0.2) is 0 Å². The van der Waals surface area contributed by atoms with Gasteiger partial charge >= 0.3 is 0 Å². The molecule has 2 unspecified atom stereocenters. The largest absolute Gasteiger partial charge is 0.333 e. The summed E-state index contributed by atoms with van der Waals surface area (Å²) < 4.78 is 2.21. The van der Waals surface area contributed by atoms with Crippen molar-refractivity contribution < 1.29 is 0 Å². The van der Waals surface area contributed by atoms with Crippen LogP contribution in [0.2, 0.25) is 0 Å². The highest BCUT2D eigenvalue weighted by atomic mass is 32.1.